The van der Waals surface area contributed by atoms with E-state index in [1.165, 1.54) is 4.57 Å². The smallest absolute Gasteiger partial charge is 0.315 e. The highest BCUT2D eigenvalue weighted by Crippen LogP contribution is 2.32. The summed E-state index contributed by atoms with van der Waals surface area (Å²) in [5, 5.41) is 9.84. The van der Waals surface area contributed by atoms with Crippen molar-refractivity contribution in [2.24, 2.45) is 18.7 Å². The molecule has 182 valence electrons. The largest absolute Gasteiger partial charge is 0.332 e. The van der Waals surface area contributed by atoms with Gasteiger partial charge >= 0.3 is 5.69 Å². The molecule has 0 bridgehead atoms. The van der Waals surface area contributed by atoms with E-state index in [9.17, 15) is 9.59 Å². The average molecular weight is 475 g/mol. The molecule has 2 fully saturated rings. The average Bonchev–Trinajstić information content (AvgIpc) is 3.49. The van der Waals surface area contributed by atoms with Crippen LogP contribution in [0.15, 0.2) is 40.1 Å². The summed E-state index contributed by atoms with van der Waals surface area (Å²) < 4.78 is 4.76. The number of aryl methyl sites for hydroxylation is 1. The molecule has 6 rings (SSSR count). The van der Waals surface area contributed by atoms with Crippen molar-refractivity contribution in [3.63, 3.8) is 0 Å². The maximum Gasteiger partial charge on any atom is 0.332 e. The van der Waals surface area contributed by atoms with E-state index >= 15 is 0 Å². The Kier molecular flexibility index (Phi) is 5.13. The second-order valence-electron chi connectivity index (χ2n) is 10.0. The molecule has 4 heterocycles. The van der Waals surface area contributed by atoms with Crippen LogP contribution in [0.5, 0.6) is 0 Å². The van der Waals surface area contributed by atoms with Gasteiger partial charge in [0.05, 0.1) is 23.9 Å². The highest BCUT2D eigenvalue weighted by Gasteiger charge is 2.35. The van der Waals surface area contributed by atoms with Crippen LogP contribution in [-0.4, -0.2) is 48.6 Å². The number of rotatable bonds is 5. The zero-order valence-corrected chi connectivity index (χ0v) is 20.2. The number of pyridine rings is 1. The normalized spacial score (nSPS) is 20.9. The molecule has 1 saturated carbocycles. The molecule has 0 spiro atoms. The van der Waals surface area contributed by atoms with Crippen molar-refractivity contribution in [2.45, 2.75) is 45.2 Å². The molecule has 10 heteroatoms. The number of nitrogens with two attached hydrogens (primary N) is 1. The van der Waals surface area contributed by atoms with Crippen molar-refractivity contribution >= 4 is 21.9 Å². The molecule has 1 aromatic carbocycles. The molecule has 1 aliphatic carbocycles. The lowest BCUT2D eigenvalue weighted by Gasteiger charge is -2.21. The van der Waals surface area contributed by atoms with Crippen molar-refractivity contribution in [1.29, 1.82) is 0 Å². The van der Waals surface area contributed by atoms with Gasteiger partial charge in [-0.25, -0.2) is 4.79 Å². The molecule has 2 atom stereocenters. The van der Waals surface area contributed by atoms with Gasteiger partial charge in [-0.3, -0.25) is 33.8 Å². The zero-order chi connectivity index (χ0) is 24.4. The van der Waals surface area contributed by atoms with Crippen molar-refractivity contribution in [3.05, 3.63) is 68.1 Å². The van der Waals surface area contributed by atoms with E-state index in [1.54, 1.807) is 17.8 Å². The van der Waals surface area contributed by atoms with Crippen LogP contribution < -0.4 is 22.3 Å². The summed E-state index contributed by atoms with van der Waals surface area (Å²) in [6, 6.07) is 8.18. The Balaban J connectivity index is 1.61. The monoisotopic (exact) mass is 474 g/mol. The third-order valence-corrected chi connectivity index (χ3v) is 7.27. The van der Waals surface area contributed by atoms with Gasteiger partial charge in [0.2, 0.25) is 0 Å². The fourth-order valence-electron chi connectivity index (χ4n) is 5.21. The molecule has 1 saturated heterocycles. The van der Waals surface area contributed by atoms with Crippen LogP contribution in [0.25, 0.3) is 21.9 Å². The van der Waals surface area contributed by atoms with Crippen molar-refractivity contribution in [2.75, 3.05) is 13.6 Å². The summed E-state index contributed by atoms with van der Waals surface area (Å²) in [6.45, 7) is 3.71. The first-order valence-electron chi connectivity index (χ1n) is 12.1. The molecule has 0 amide bonds. The first kappa shape index (κ1) is 22.1. The van der Waals surface area contributed by atoms with E-state index in [1.807, 2.05) is 29.9 Å². The first-order valence-corrected chi connectivity index (χ1v) is 12.1. The quantitative estimate of drug-likeness (QED) is 0.444. The van der Waals surface area contributed by atoms with Crippen LogP contribution in [0.2, 0.25) is 0 Å². The van der Waals surface area contributed by atoms with E-state index in [-0.39, 0.29) is 23.6 Å². The van der Waals surface area contributed by atoms with Crippen LogP contribution in [-0.2, 0) is 20.1 Å². The Morgan fingerprint density at radius 2 is 1.97 bits per heavy atom. The second kappa shape index (κ2) is 8.11. The van der Waals surface area contributed by atoms with Gasteiger partial charge in [0.15, 0.2) is 5.65 Å². The maximum absolute atomic E-state index is 13.5. The van der Waals surface area contributed by atoms with Gasteiger partial charge in [0.1, 0.15) is 11.6 Å². The van der Waals surface area contributed by atoms with E-state index in [0.29, 0.717) is 36.6 Å². The van der Waals surface area contributed by atoms with Crippen LogP contribution >= 0.6 is 0 Å². The number of hydrogen-bond donors (Lipinski definition) is 2. The van der Waals surface area contributed by atoms with Crippen molar-refractivity contribution in [3.8, 4) is 0 Å². The predicted molar refractivity (Wildman–Crippen MR) is 134 cm³/mol. The van der Waals surface area contributed by atoms with Crippen LogP contribution in [0.3, 0.4) is 0 Å². The molecule has 10 nitrogen and oxygen atoms in total. The molecule has 0 radical (unpaired) electrons. The zero-order valence-electron chi connectivity index (χ0n) is 20.2. The standard InChI is InChI=1S/C25H30N8O2/c1-14-4-7-18-17(10-14)16(8-9-27-18)12-33-21(23-28-19(26)13-30(23)2)20-22(29-33)32(11-15-5-6-15)25(35)31(3)24(20)34/h4,7-10,15,19,23,28H,5-6,11-13,26H2,1-3H3. The van der Waals surface area contributed by atoms with Gasteiger partial charge < -0.3 is 5.73 Å². The molecule has 3 aromatic heterocycles. The van der Waals surface area contributed by atoms with Crippen LogP contribution in [0, 0.1) is 12.8 Å². The second-order valence-corrected chi connectivity index (χ2v) is 10.0. The predicted octanol–water partition coefficient (Wildman–Crippen LogP) is 1.03. The minimum atomic E-state index is -0.329. The molecule has 2 aliphatic rings. The van der Waals surface area contributed by atoms with Gasteiger partial charge in [0, 0.05) is 31.7 Å². The highest BCUT2D eigenvalue weighted by molar-refractivity contribution is 5.83. The fraction of sp³-hybridized carbons (Fsp3) is 0.440. The third kappa shape index (κ3) is 3.69. The van der Waals surface area contributed by atoms with Crippen LogP contribution in [0.4, 0.5) is 0 Å². The van der Waals surface area contributed by atoms with Gasteiger partial charge in [-0.05, 0) is 56.5 Å². The molecule has 4 aromatic rings. The molecule has 1 aliphatic heterocycles. The SMILES string of the molecule is Cc1ccc2nccc(Cn3nc4c(c3C3NC(N)CN3C)c(=O)n(C)c(=O)n4CC3CC3)c2c1. The summed E-state index contributed by atoms with van der Waals surface area (Å²) >= 11 is 0. The number of benzene rings is 1. The summed E-state index contributed by atoms with van der Waals surface area (Å²) in [5.74, 6) is 0.454. The number of nitrogens with zero attached hydrogens (tertiary/aromatic N) is 6. The Hall–Kier alpha value is -3.34. The third-order valence-electron chi connectivity index (χ3n) is 7.27. The van der Waals surface area contributed by atoms with Crippen molar-refractivity contribution < 1.29 is 0 Å². The first-order chi connectivity index (χ1) is 16.8. The number of nitrogens with one attached hydrogen (secondary N) is 1. The van der Waals surface area contributed by atoms with E-state index in [2.05, 4.69) is 28.2 Å². The summed E-state index contributed by atoms with van der Waals surface area (Å²) in [6.07, 6.45) is 3.45. The fourth-order valence-corrected chi connectivity index (χ4v) is 5.21. The number of fused-ring (bicyclic) bond motifs is 2. The lowest BCUT2D eigenvalue weighted by molar-refractivity contribution is 0.287. The van der Waals surface area contributed by atoms with E-state index in [4.69, 9.17) is 10.8 Å². The topological polar surface area (TPSA) is 116 Å². The molecular weight excluding hydrogens is 444 g/mol. The Morgan fingerprint density at radius 1 is 1.17 bits per heavy atom. The maximum atomic E-state index is 13.5. The Labute approximate surface area is 202 Å². The summed E-state index contributed by atoms with van der Waals surface area (Å²) in [4.78, 5) is 33.2. The number of likely N-dealkylation sites (N-methyl/N-ethyl adjacent to an activating group) is 1. The minimum absolute atomic E-state index is 0.228. The summed E-state index contributed by atoms with van der Waals surface area (Å²) in [7, 11) is 3.52. The number of hydrogen-bond acceptors (Lipinski definition) is 7. The molecule has 3 N–H and O–H groups in total. The van der Waals surface area contributed by atoms with Crippen molar-refractivity contribution in [1.82, 2.24) is 34.1 Å². The van der Waals surface area contributed by atoms with Crippen LogP contribution in [0.1, 0.15) is 35.8 Å². The highest BCUT2D eigenvalue weighted by atomic mass is 16.2. The molecule has 2 unspecified atom stereocenters. The lowest BCUT2D eigenvalue weighted by atomic mass is 10.1. The molecular formula is C25H30N8O2. The summed E-state index contributed by atoms with van der Waals surface area (Å²) in [5.41, 5.74) is 9.86. The van der Waals surface area contributed by atoms with Gasteiger partial charge in [-0.1, -0.05) is 11.6 Å². The molecule has 35 heavy (non-hydrogen) atoms. The Bertz CT molecular complexity index is 1580. The van der Waals surface area contributed by atoms with Gasteiger partial charge in [-0.15, -0.1) is 0 Å². The van der Waals surface area contributed by atoms with E-state index < -0.39 is 0 Å². The van der Waals surface area contributed by atoms with Gasteiger partial charge in [-0.2, -0.15) is 5.10 Å². The Morgan fingerprint density at radius 3 is 2.69 bits per heavy atom. The van der Waals surface area contributed by atoms with E-state index in [0.717, 1.165) is 40.6 Å². The minimum Gasteiger partial charge on any atom is -0.315 e. The lowest BCUT2D eigenvalue weighted by Crippen LogP contribution is -2.39. The number of aromatic nitrogens is 5. The van der Waals surface area contributed by atoms with Gasteiger partial charge in [0.25, 0.3) is 5.56 Å².